The number of aryl methyl sites for hydroxylation is 1. The Morgan fingerprint density at radius 2 is 1.89 bits per heavy atom. The number of hydrogen-bond donors (Lipinski definition) is 1. The largest absolute Gasteiger partial charge is 0.496 e. The maximum absolute atomic E-state index is 13.8. The SMILES string of the molecule is CCCCc1nc(O)c(C(=O)N2CC[C@H](c3ccccc3)C2)c(=O)n1[C@@H](C)c1ccccc1OC. The predicted octanol–water partition coefficient (Wildman–Crippen LogP) is 4.54. The Labute approximate surface area is 206 Å². The van der Waals surface area contributed by atoms with Crippen molar-refractivity contribution in [2.24, 2.45) is 0 Å². The van der Waals surface area contributed by atoms with Crippen LogP contribution in [0.2, 0.25) is 0 Å². The molecule has 1 amide bonds. The van der Waals surface area contributed by atoms with Gasteiger partial charge in [0.15, 0.2) is 5.56 Å². The van der Waals surface area contributed by atoms with Gasteiger partial charge in [-0.1, -0.05) is 61.9 Å². The number of methoxy groups -OCH3 is 1. The van der Waals surface area contributed by atoms with E-state index in [2.05, 4.69) is 24.0 Å². The first-order valence-electron chi connectivity index (χ1n) is 12.3. The van der Waals surface area contributed by atoms with E-state index in [1.54, 1.807) is 16.6 Å². The maximum Gasteiger partial charge on any atom is 0.270 e. The number of rotatable bonds is 8. The quantitative estimate of drug-likeness (QED) is 0.517. The lowest BCUT2D eigenvalue weighted by atomic mass is 9.99. The number of carbonyl (C=O) groups is 1. The number of para-hydroxylation sites is 1. The molecule has 2 atom stereocenters. The predicted molar refractivity (Wildman–Crippen MR) is 135 cm³/mol. The molecule has 7 heteroatoms. The fraction of sp³-hybridized carbons (Fsp3) is 0.393. The summed E-state index contributed by atoms with van der Waals surface area (Å²) in [6.45, 7) is 4.97. The summed E-state index contributed by atoms with van der Waals surface area (Å²) in [6, 6.07) is 17.1. The van der Waals surface area contributed by atoms with Gasteiger partial charge in [0.1, 0.15) is 11.6 Å². The van der Waals surface area contributed by atoms with Crippen LogP contribution in [0.1, 0.15) is 72.4 Å². The van der Waals surface area contributed by atoms with Gasteiger partial charge in [-0.05, 0) is 31.4 Å². The van der Waals surface area contributed by atoms with E-state index in [-0.39, 0.29) is 11.5 Å². The summed E-state index contributed by atoms with van der Waals surface area (Å²) < 4.78 is 7.07. The van der Waals surface area contributed by atoms with Crippen LogP contribution < -0.4 is 10.3 Å². The minimum atomic E-state index is -0.518. The molecule has 0 bridgehead atoms. The number of nitrogens with zero attached hydrogens (tertiary/aromatic N) is 3. The molecule has 1 N–H and O–H groups in total. The zero-order chi connectivity index (χ0) is 24.9. The summed E-state index contributed by atoms with van der Waals surface area (Å²) in [6.07, 6.45) is 3.05. The molecule has 1 aliphatic rings. The average molecular weight is 476 g/mol. The highest BCUT2D eigenvalue weighted by Crippen LogP contribution is 2.31. The molecule has 184 valence electrons. The molecule has 1 saturated heterocycles. The van der Waals surface area contributed by atoms with Crippen LogP contribution in [0.25, 0.3) is 0 Å². The summed E-state index contributed by atoms with van der Waals surface area (Å²) in [5, 5.41) is 10.8. The molecular formula is C28H33N3O4. The van der Waals surface area contributed by atoms with Crippen molar-refractivity contribution in [2.45, 2.75) is 51.5 Å². The number of amides is 1. The van der Waals surface area contributed by atoms with E-state index in [0.717, 1.165) is 24.8 Å². The van der Waals surface area contributed by atoms with Gasteiger partial charge in [0.2, 0.25) is 5.88 Å². The third kappa shape index (κ3) is 4.94. The van der Waals surface area contributed by atoms with E-state index >= 15 is 0 Å². The zero-order valence-electron chi connectivity index (χ0n) is 20.6. The topological polar surface area (TPSA) is 84.7 Å². The van der Waals surface area contributed by atoms with Crippen molar-refractivity contribution in [3.63, 3.8) is 0 Å². The van der Waals surface area contributed by atoms with Crippen molar-refractivity contribution < 1.29 is 14.6 Å². The molecule has 0 aliphatic carbocycles. The van der Waals surface area contributed by atoms with Crippen molar-refractivity contribution >= 4 is 5.91 Å². The lowest BCUT2D eigenvalue weighted by Gasteiger charge is -2.23. The van der Waals surface area contributed by atoms with Crippen LogP contribution in [0.5, 0.6) is 11.6 Å². The summed E-state index contributed by atoms with van der Waals surface area (Å²) in [7, 11) is 1.59. The second kappa shape index (κ2) is 10.8. The van der Waals surface area contributed by atoms with Crippen molar-refractivity contribution in [1.29, 1.82) is 0 Å². The summed E-state index contributed by atoms with van der Waals surface area (Å²) >= 11 is 0. The Bertz CT molecular complexity index is 1240. The van der Waals surface area contributed by atoms with Crippen LogP contribution in [0.15, 0.2) is 59.4 Å². The zero-order valence-corrected chi connectivity index (χ0v) is 20.6. The number of carbonyl (C=O) groups excluding carboxylic acids is 1. The molecular weight excluding hydrogens is 442 g/mol. The van der Waals surface area contributed by atoms with Gasteiger partial charge < -0.3 is 14.7 Å². The number of likely N-dealkylation sites (tertiary alicyclic amines) is 1. The highest BCUT2D eigenvalue weighted by atomic mass is 16.5. The second-order valence-corrected chi connectivity index (χ2v) is 9.07. The van der Waals surface area contributed by atoms with Crippen LogP contribution in [0.4, 0.5) is 0 Å². The van der Waals surface area contributed by atoms with Crippen molar-refractivity contribution in [3.8, 4) is 11.6 Å². The van der Waals surface area contributed by atoms with Crippen LogP contribution in [-0.4, -0.2) is 45.7 Å². The van der Waals surface area contributed by atoms with Gasteiger partial charge in [-0.2, -0.15) is 4.98 Å². The van der Waals surface area contributed by atoms with E-state index in [4.69, 9.17) is 4.74 Å². The van der Waals surface area contributed by atoms with Crippen LogP contribution in [-0.2, 0) is 6.42 Å². The minimum Gasteiger partial charge on any atom is -0.496 e. The van der Waals surface area contributed by atoms with E-state index in [9.17, 15) is 14.7 Å². The summed E-state index contributed by atoms with van der Waals surface area (Å²) in [5.41, 5.74) is 1.20. The van der Waals surface area contributed by atoms with Gasteiger partial charge in [0, 0.05) is 31.0 Å². The minimum absolute atomic E-state index is 0.203. The molecule has 3 aromatic rings. The lowest BCUT2D eigenvalue weighted by Crippen LogP contribution is -2.38. The molecule has 35 heavy (non-hydrogen) atoms. The summed E-state index contributed by atoms with van der Waals surface area (Å²) in [5.74, 6) is 0.362. The van der Waals surface area contributed by atoms with E-state index < -0.39 is 23.4 Å². The second-order valence-electron chi connectivity index (χ2n) is 9.07. The molecule has 1 aromatic heterocycles. The third-order valence-corrected chi connectivity index (χ3v) is 6.86. The first-order chi connectivity index (χ1) is 17.0. The molecule has 0 radical (unpaired) electrons. The molecule has 2 heterocycles. The van der Waals surface area contributed by atoms with Gasteiger partial charge in [-0.3, -0.25) is 14.2 Å². The van der Waals surface area contributed by atoms with Gasteiger partial charge in [0.25, 0.3) is 11.5 Å². The van der Waals surface area contributed by atoms with Crippen LogP contribution >= 0.6 is 0 Å². The van der Waals surface area contributed by atoms with Gasteiger partial charge in [-0.15, -0.1) is 0 Å². The molecule has 2 aromatic carbocycles. The highest BCUT2D eigenvalue weighted by molar-refractivity contribution is 5.96. The Hall–Kier alpha value is -3.61. The van der Waals surface area contributed by atoms with Crippen molar-refractivity contribution in [3.05, 3.63) is 87.5 Å². The first kappa shape index (κ1) is 24.5. The fourth-order valence-electron chi connectivity index (χ4n) is 4.91. The standard InChI is InChI=1S/C28H33N3O4/c1-4-5-15-24-29-26(32)25(27(33)30-17-16-21(18-30)20-11-7-6-8-12-20)28(34)31(24)19(2)22-13-9-10-14-23(22)35-3/h6-14,19,21,32H,4-5,15-18H2,1-3H3/t19-,21-/m0/s1. The molecule has 0 spiro atoms. The Morgan fingerprint density at radius 1 is 1.17 bits per heavy atom. The number of aromatic hydroxyl groups is 1. The van der Waals surface area contributed by atoms with Crippen molar-refractivity contribution in [2.75, 3.05) is 20.2 Å². The fourth-order valence-corrected chi connectivity index (χ4v) is 4.91. The highest BCUT2D eigenvalue weighted by Gasteiger charge is 2.33. The Kier molecular flexibility index (Phi) is 7.54. The van der Waals surface area contributed by atoms with E-state index in [1.165, 1.54) is 5.56 Å². The average Bonchev–Trinajstić information content (AvgIpc) is 3.38. The van der Waals surface area contributed by atoms with Crippen molar-refractivity contribution in [1.82, 2.24) is 14.5 Å². The number of aromatic nitrogens is 2. The van der Waals surface area contributed by atoms with E-state index in [0.29, 0.717) is 31.1 Å². The normalized spacial score (nSPS) is 16.3. The molecule has 1 fully saturated rings. The monoisotopic (exact) mass is 475 g/mol. The Morgan fingerprint density at radius 3 is 2.60 bits per heavy atom. The number of unbranched alkanes of at least 4 members (excludes halogenated alkanes) is 1. The smallest absolute Gasteiger partial charge is 0.270 e. The third-order valence-electron chi connectivity index (χ3n) is 6.86. The molecule has 0 saturated carbocycles. The Balaban J connectivity index is 1.73. The van der Waals surface area contributed by atoms with Gasteiger partial charge in [-0.25, -0.2) is 0 Å². The van der Waals surface area contributed by atoms with Gasteiger partial charge >= 0.3 is 0 Å². The molecule has 7 nitrogen and oxygen atoms in total. The lowest BCUT2D eigenvalue weighted by molar-refractivity contribution is 0.0783. The number of hydrogen-bond acceptors (Lipinski definition) is 5. The number of benzene rings is 2. The maximum atomic E-state index is 13.8. The van der Waals surface area contributed by atoms with Crippen LogP contribution in [0.3, 0.4) is 0 Å². The molecule has 1 aliphatic heterocycles. The number of ether oxygens (including phenoxy) is 1. The molecule has 4 rings (SSSR count). The van der Waals surface area contributed by atoms with Gasteiger partial charge in [0.05, 0.1) is 13.2 Å². The van der Waals surface area contributed by atoms with Crippen LogP contribution in [0, 0.1) is 0 Å². The summed E-state index contributed by atoms with van der Waals surface area (Å²) in [4.78, 5) is 33.4. The van der Waals surface area contributed by atoms with E-state index in [1.807, 2.05) is 49.4 Å². The first-order valence-corrected chi connectivity index (χ1v) is 12.3. The molecule has 0 unspecified atom stereocenters.